The number of carboxylic acid groups (broad SMARTS) is 1. The lowest BCUT2D eigenvalue weighted by atomic mass is 10.1. The molecule has 0 aliphatic rings. The summed E-state index contributed by atoms with van der Waals surface area (Å²) in [6, 6.07) is 22.6. The van der Waals surface area contributed by atoms with Crippen LogP contribution in [0.25, 0.3) is 11.0 Å². The molecule has 1 heterocycles. The molecule has 11 nitrogen and oxygen atoms in total. The molecule has 234 valence electrons. The Morgan fingerprint density at radius 3 is 2.31 bits per heavy atom. The van der Waals surface area contributed by atoms with Gasteiger partial charge in [-0.1, -0.05) is 18.2 Å². The monoisotopic (exact) mass is 631 g/mol. The van der Waals surface area contributed by atoms with E-state index >= 15 is 0 Å². The fourth-order valence-electron chi connectivity index (χ4n) is 4.63. The number of nitrogen functional groups attached to an aromatic ring is 1. The van der Waals surface area contributed by atoms with Crippen molar-refractivity contribution in [3.05, 3.63) is 95.8 Å². The second-order valence-corrected chi connectivity index (χ2v) is 12.4. The van der Waals surface area contributed by atoms with Crippen molar-refractivity contribution in [2.75, 3.05) is 19.1 Å². The van der Waals surface area contributed by atoms with Gasteiger partial charge in [-0.15, -0.1) is 0 Å². The molecule has 5 rings (SSSR count). The Hall–Kier alpha value is -5.23. The number of anilines is 1. The average molecular weight is 632 g/mol. The smallest absolute Gasteiger partial charge is 0.303 e. The maximum absolute atomic E-state index is 11.8. The third kappa shape index (κ3) is 7.65. The predicted octanol–water partition coefficient (Wildman–Crippen LogP) is 5.54. The van der Waals surface area contributed by atoms with E-state index in [-0.39, 0.29) is 30.2 Å². The number of rotatable bonds is 13. The molecule has 0 radical (unpaired) electrons. The summed E-state index contributed by atoms with van der Waals surface area (Å²) in [4.78, 5) is 16.0. The van der Waals surface area contributed by atoms with Gasteiger partial charge in [0.25, 0.3) is 0 Å². The minimum Gasteiger partial charge on any atom is -0.497 e. The molecular formula is C33H33N3O8S. The van der Waals surface area contributed by atoms with Crippen LogP contribution in [0.2, 0.25) is 0 Å². The molecule has 0 bridgehead atoms. The Morgan fingerprint density at radius 1 is 0.889 bits per heavy atom. The van der Waals surface area contributed by atoms with E-state index < -0.39 is 15.8 Å². The molecule has 1 aromatic heterocycles. The Kier molecular flexibility index (Phi) is 9.14. The third-order valence-corrected chi connectivity index (χ3v) is 8.26. The van der Waals surface area contributed by atoms with Gasteiger partial charge in [-0.05, 0) is 66.1 Å². The van der Waals surface area contributed by atoms with E-state index in [1.165, 1.54) is 18.2 Å². The lowest BCUT2D eigenvalue weighted by molar-refractivity contribution is -0.136. The van der Waals surface area contributed by atoms with Gasteiger partial charge in [0.15, 0.2) is 9.84 Å². The lowest BCUT2D eigenvalue weighted by Crippen LogP contribution is -2.05. The SMILES string of the molecule is COc1ccc(COc2cc(OCc3nc4ccc(Oc5ccc(S(C)(=O)=O)cc5N)cc4n3C)ccc2CCC(=O)O)cc1. The topological polar surface area (TPSA) is 152 Å². The third-order valence-electron chi connectivity index (χ3n) is 7.15. The molecule has 3 N–H and O–H groups in total. The van der Waals surface area contributed by atoms with Gasteiger partial charge in [0.05, 0.1) is 28.7 Å². The quantitative estimate of drug-likeness (QED) is 0.159. The van der Waals surface area contributed by atoms with Crippen LogP contribution in [0.1, 0.15) is 23.4 Å². The highest BCUT2D eigenvalue weighted by molar-refractivity contribution is 7.90. The zero-order chi connectivity index (χ0) is 32.1. The van der Waals surface area contributed by atoms with Crippen molar-refractivity contribution < 1.29 is 37.3 Å². The van der Waals surface area contributed by atoms with E-state index in [0.717, 1.165) is 34.2 Å². The van der Waals surface area contributed by atoms with Crippen LogP contribution in [-0.4, -0.2) is 42.4 Å². The summed E-state index contributed by atoms with van der Waals surface area (Å²) in [5.74, 6) is 2.45. The summed E-state index contributed by atoms with van der Waals surface area (Å²) in [5, 5.41) is 9.19. The second-order valence-electron chi connectivity index (χ2n) is 10.4. The van der Waals surface area contributed by atoms with E-state index in [9.17, 15) is 18.3 Å². The summed E-state index contributed by atoms with van der Waals surface area (Å²) in [6.45, 7) is 0.448. The van der Waals surface area contributed by atoms with Crippen LogP contribution in [0, 0.1) is 0 Å². The molecule has 12 heteroatoms. The number of benzene rings is 4. The van der Waals surface area contributed by atoms with Crippen LogP contribution in [-0.2, 0) is 41.3 Å². The number of ether oxygens (including phenoxy) is 4. The number of carboxylic acids is 1. The zero-order valence-electron chi connectivity index (χ0n) is 25.0. The van der Waals surface area contributed by atoms with Gasteiger partial charge in [-0.3, -0.25) is 4.79 Å². The van der Waals surface area contributed by atoms with Gasteiger partial charge in [0.2, 0.25) is 0 Å². The molecule has 0 saturated carbocycles. The van der Waals surface area contributed by atoms with Gasteiger partial charge >= 0.3 is 5.97 Å². The summed E-state index contributed by atoms with van der Waals surface area (Å²) in [5.41, 5.74) is 9.49. The molecule has 0 aliphatic heterocycles. The first-order chi connectivity index (χ1) is 21.5. The number of nitrogens with zero attached hydrogens (tertiary/aromatic N) is 2. The number of aliphatic carboxylic acids is 1. The first kappa shape index (κ1) is 31.2. The molecule has 0 spiro atoms. The highest BCUT2D eigenvalue weighted by Crippen LogP contribution is 2.32. The standard InChI is InChI=1S/C33H33N3O8S/c1-36-29-16-25(44-30-14-12-26(18-27(30)34)45(3,39)40)11-13-28(29)35-32(36)20-42-24-10-6-22(7-15-33(37)38)31(17-24)43-19-21-4-8-23(41-2)9-5-21/h4-6,8-14,16-18H,7,15,19-20,34H2,1-3H3,(H,37,38). The number of aromatic nitrogens is 2. The van der Waals surface area contributed by atoms with Gasteiger partial charge in [0, 0.05) is 31.9 Å². The maximum Gasteiger partial charge on any atom is 0.303 e. The number of hydrogen-bond donors (Lipinski definition) is 2. The summed E-state index contributed by atoms with van der Waals surface area (Å²) < 4.78 is 48.9. The van der Waals surface area contributed by atoms with E-state index in [2.05, 4.69) is 0 Å². The van der Waals surface area contributed by atoms with E-state index in [1.807, 2.05) is 54.1 Å². The van der Waals surface area contributed by atoms with Crippen molar-refractivity contribution in [2.24, 2.45) is 7.05 Å². The molecule has 0 unspecified atom stereocenters. The Labute approximate surface area is 260 Å². The zero-order valence-corrected chi connectivity index (χ0v) is 25.8. The highest BCUT2D eigenvalue weighted by atomic mass is 32.2. The Balaban J connectivity index is 1.31. The number of imidazole rings is 1. The maximum atomic E-state index is 11.8. The molecule has 0 fully saturated rings. The average Bonchev–Trinajstić information content (AvgIpc) is 3.33. The molecule has 0 amide bonds. The van der Waals surface area contributed by atoms with Gasteiger partial charge < -0.3 is 34.4 Å². The first-order valence-electron chi connectivity index (χ1n) is 14.0. The van der Waals surface area contributed by atoms with Crippen LogP contribution >= 0.6 is 0 Å². The number of sulfone groups is 1. The van der Waals surface area contributed by atoms with E-state index in [1.54, 1.807) is 25.3 Å². The van der Waals surface area contributed by atoms with Crippen LogP contribution < -0.4 is 24.7 Å². The number of nitrogens with two attached hydrogens (primary N) is 1. The number of methoxy groups -OCH3 is 1. The van der Waals surface area contributed by atoms with Crippen molar-refractivity contribution in [1.29, 1.82) is 0 Å². The largest absolute Gasteiger partial charge is 0.497 e. The minimum absolute atomic E-state index is 0.0246. The minimum atomic E-state index is -3.39. The van der Waals surface area contributed by atoms with Crippen LogP contribution in [0.4, 0.5) is 5.69 Å². The normalized spacial score (nSPS) is 11.4. The van der Waals surface area contributed by atoms with Gasteiger partial charge in [-0.25, -0.2) is 13.4 Å². The lowest BCUT2D eigenvalue weighted by Gasteiger charge is -2.14. The molecule has 0 saturated heterocycles. The first-order valence-corrected chi connectivity index (χ1v) is 15.9. The van der Waals surface area contributed by atoms with Crippen molar-refractivity contribution in [2.45, 2.75) is 31.0 Å². The Morgan fingerprint density at radius 2 is 1.62 bits per heavy atom. The molecule has 45 heavy (non-hydrogen) atoms. The van der Waals surface area contributed by atoms with E-state index in [0.29, 0.717) is 35.2 Å². The van der Waals surface area contributed by atoms with Crippen molar-refractivity contribution in [1.82, 2.24) is 9.55 Å². The van der Waals surface area contributed by atoms with Crippen LogP contribution in [0.3, 0.4) is 0 Å². The fraction of sp³-hybridized carbons (Fsp3) is 0.212. The van der Waals surface area contributed by atoms with Crippen LogP contribution in [0.5, 0.6) is 28.7 Å². The molecule has 0 aliphatic carbocycles. The fourth-order valence-corrected chi connectivity index (χ4v) is 5.28. The van der Waals surface area contributed by atoms with Crippen molar-refractivity contribution in [3.63, 3.8) is 0 Å². The Bertz CT molecular complexity index is 1950. The summed E-state index contributed by atoms with van der Waals surface area (Å²) in [7, 11) is 0.0808. The van der Waals surface area contributed by atoms with E-state index in [4.69, 9.17) is 29.7 Å². The summed E-state index contributed by atoms with van der Waals surface area (Å²) in [6.07, 6.45) is 1.41. The van der Waals surface area contributed by atoms with Gasteiger partial charge in [-0.2, -0.15) is 0 Å². The number of hydrogen-bond acceptors (Lipinski definition) is 9. The number of aryl methyl sites for hydroxylation is 2. The highest BCUT2D eigenvalue weighted by Gasteiger charge is 2.14. The number of carbonyl (C=O) groups is 1. The van der Waals surface area contributed by atoms with Crippen LogP contribution in [0.15, 0.2) is 83.8 Å². The predicted molar refractivity (Wildman–Crippen MR) is 169 cm³/mol. The summed E-state index contributed by atoms with van der Waals surface area (Å²) >= 11 is 0. The van der Waals surface area contributed by atoms with Crippen molar-refractivity contribution >= 4 is 32.5 Å². The molecule has 0 atom stereocenters. The second kappa shape index (κ2) is 13.2. The van der Waals surface area contributed by atoms with Crippen molar-refractivity contribution in [3.8, 4) is 28.7 Å². The van der Waals surface area contributed by atoms with Gasteiger partial charge in [0.1, 0.15) is 47.8 Å². The molecule has 5 aromatic rings. The number of fused-ring (bicyclic) bond motifs is 1. The molecule has 4 aromatic carbocycles. The molecular weight excluding hydrogens is 598 g/mol.